The van der Waals surface area contributed by atoms with Crippen molar-refractivity contribution in [3.8, 4) is 5.75 Å². The number of amides is 3. The Morgan fingerprint density at radius 2 is 1.50 bits per heavy atom. The molecular weight excluding hydrogens is 406 g/mol. The third-order valence-corrected chi connectivity index (χ3v) is 5.07. The van der Waals surface area contributed by atoms with Gasteiger partial charge in [-0.3, -0.25) is 14.4 Å². The first-order chi connectivity index (χ1) is 14.5. The highest BCUT2D eigenvalue weighted by atomic mass is 35.5. The highest BCUT2D eigenvalue weighted by Gasteiger charge is 2.22. The fourth-order valence-corrected chi connectivity index (χ4v) is 3.27. The van der Waals surface area contributed by atoms with Crippen LogP contribution in [0.2, 0.25) is 5.02 Å². The summed E-state index contributed by atoms with van der Waals surface area (Å²) in [7, 11) is 0. The standard InChI is InChI=1S/C22H24ClN3O4/c23-18-7-9-19(10-8-18)30-16-21(28)26-12-4-11-25(13-14-26)20(27)15-24-22(29)17-5-2-1-3-6-17/h1-3,5-10H,4,11-16H2,(H,24,29). The Balaban J connectivity index is 1.43. The van der Waals surface area contributed by atoms with Crippen LogP contribution in [-0.2, 0) is 9.59 Å². The van der Waals surface area contributed by atoms with E-state index in [4.69, 9.17) is 16.3 Å². The molecule has 1 saturated heterocycles. The van der Waals surface area contributed by atoms with Crippen LogP contribution in [0.25, 0.3) is 0 Å². The first kappa shape index (κ1) is 21.6. The molecule has 1 fully saturated rings. The number of carbonyl (C=O) groups is 3. The van der Waals surface area contributed by atoms with E-state index < -0.39 is 0 Å². The fraction of sp³-hybridized carbons (Fsp3) is 0.318. The third-order valence-electron chi connectivity index (χ3n) is 4.81. The van der Waals surface area contributed by atoms with Gasteiger partial charge < -0.3 is 19.9 Å². The first-order valence-corrected chi connectivity index (χ1v) is 10.2. The molecule has 1 aliphatic heterocycles. The molecule has 0 aromatic heterocycles. The Morgan fingerprint density at radius 3 is 2.17 bits per heavy atom. The van der Waals surface area contributed by atoms with Crippen molar-refractivity contribution in [3.05, 3.63) is 65.2 Å². The van der Waals surface area contributed by atoms with E-state index in [1.165, 1.54) is 0 Å². The van der Waals surface area contributed by atoms with E-state index in [-0.39, 0.29) is 30.9 Å². The largest absolute Gasteiger partial charge is 0.484 e. The van der Waals surface area contributed by atoms with Crippen LogP contribution in [0.1, 0.15) is 16.8 Å². The van der Waals surface area contributed by atoms with Crippen LogP contribution in [0.5, 0.6) is 5.75 Å². The molecule has 0 saturated carbocycles. The number of ether oxygens (including phenoxy) is 1. The maximum absolute atomic E-state index is 12.5. The summed E-state index contributed by atoms with van der Waals surface area (Å²) in [4.78, 5) is 40.4. The summed E-state index contributed by atoms with van der Waals surface area (Å²) in [5.41, 5.74) is 0.513. The number of hydrogen-bond acceptors (Lipinski definition) is 4. The molecule has 3 amide bonds. The lowest BCUT2D eigenvalue weighted by Gasteiger charge is -2.22. The summed E-state index contributed by atoms with van der Waals surface area (Å²) in [6, 6.07) is 15.6. The van der Waals surface area contributed by atoms with Gasteiger partial charge in [-0.05, 0) is 42.8 Å². The number of rotatable bonds is 6. The minimum absolute atomic E-state index is 0.0668. The minimum Gasteiger partial charge on any atom is -0.484 e. The molecule has 7 nitrogen and oxygen atoms in total. The van der Waals surface area contributed by atoms with Crippen LogP contribution in [-0.4, -0.2) is 66.9 Å². The molecule has 3 rings (SSSR count). The number of hydrogen-bond donors (Lipinski definition) is 1. The molecule has 2 aromatic carbocycles. The monoisotopic (exact) mass is 429 g/mol. The van der Waals surface area contributed by atoms with Gasteiger partial charge in [0.2, 0.25) is 5.91 Å². The second-order valence-electron chi connectivity index (χ2n) is 6.91. The summed E-state index contributed by atoms with van der Waals surface area (Å²) < 4.78 is 5.52. The lowest BCUT2D eigenvalue weighted by atomic mass is 10.2. The van der Waals surface area contributed by atoms with Crippen molar-refractivity contribution in [1.82, 2.24) is 15.1 Å². The zero-order valence-corrected chi connectivity index (χ0v) is 17.3. The van der Waals surface area contributed by atoms with E-state index in [0.717, 1.165) is 0 Å². The molecule has 1 heterocycles. The number of nitrogens with zero attached hydrogens (tertiary/aromatic N) is 2. The molecule has 0 aliphatic carbocycles. The zero-order valence-electron chi connectivity index (χ0n) is 16.6. The third kappa shape index (κ3) is 6.22. The molecule has 8 heteroatoms. The van der Waals surface area contributed by atoms with Gasteiger partial charge in [-0.15, -0.1) is 0 Å². The van der Waals surface area contributed by atoms with Gasteiger partial charge in [-0.2, -0.15) is 0 Å². The van der Waals surface area contributed by atoms with Crippen LogP contribution >= 0.6 is 11.6 Å². The molecule has 1 N–H and O–H groups in total. The van der Waals surface area contributed by atoms with Gasteiger partial charge in [0.05, 0.1) is 6.54 Å². The minimum atomic E-state index is -0.282. The maximum Gasteiger partial charge on any atom is 0.260 e. The van der Waals surface area contributed by atoms with E-state index in [2.05, 4.69) is 5.32 Å². The summed E-state index contributed by atoms with van der Waals surface area (Å²) in [6.07, 6.45) is 0.672. The topological polar surface area (TPSA) is 79.0 Å². The second kappa shape index (κ2) is 10.6. The maximum atomic E-state index is 12.5. The summed E-state index contributed by atoms with van der Waals surface area (Å²) in [5, 5.41) is 3.26. The smallest absolute Gasteiger partial charge is 0.260 e. The SMILES string of the molecule is O=C(NCC(=O)N1CCCN(C(=O)COc2ccc(Cl)cc2)CC1)c1ccccc1. The van der Waals surface area contributed by atoms with Gasteiger partial charge in [0, 0.05) is 36.8 Å². The summed E-state index contributed by atoms with van der Waals surface area (Å²) in [5.74, 6) is 0.00563. The summed E-state index contributed by atoms with van der Waals surface area (Å²) in [6.45, 7) is 1.82. The van der Waals surface area contributed by atoms with Crippen LogP contribution in [0, 0.1) is 0 Å². The Bertz CT molecular complexity index is 874. The van der Waals surface area contributed by atoms with Gasteiger partial charge in [-0.25, -0.2) is 0 Å². The van der Waals surface area contributed by atoms with Gasteiger partial charge in [0.15, 0.2) is 6.61 Å². The predicted octanol–water partition coefficient (Wildman–Crippen LogP) is 2.21. The molecule has 0 radical (unpaired) electrons. The predicted molar refractivity (Wildman–Crippen MR) is 113 cm³/mol. The van der Waals surface area contributed by atoms with Crippen molar-refractivity contribution in [2.24, 2.45) is 0 Å². The van der Waals surface area contributed by atoms with Crippen molar-refractivity contribution >= 4 is 29.3 Å². The number of carbonyl (C=O) groups excluding carboxylic acids is 3. The number of nitrogens with one attached hydrogen (secondary N) is 1. The van der Waals surface area contributed by atoms with Crippen LogP contribution in [0.15, 0.2) is 54.6 Å². The van der Waals surface area contributed by atoms with Crippen molar-refractivity contribution in [2.75, 3.05) is 39.3 Å². The molecule has 30 heavy (non-hydrogen) atoms. The Morgan fingerprint density at radius 1 is 0.867 bits per heavy atom. The fourth-order valence-electron chi connectivity index (χ4n) is 3.14. The molecule has 2 aromatic rings. The molecule has 0 unspecified atom stereocenters. The van der Waals surface area contributed by atoms with E-state index in [0.29, 0.717) is 48.9 Å². The molecule has 0 spiro atoms. The molecule has 0 bridgehead atoms. The van der Waals surface area contributed by atoms with E-state index in [1.54, 1.807) is 58.3 Å². The Hall–Kier alpha value is -3.06. The number of benzene rings is 2. The van der Waals surface area contributed by atoms with E-state index >= 15 is 0 Å². The van der Waals surface area contributed by atoms with E-state index in [1.807, 2.05) is 6.07 Å². The second-order valence-corrected chi connectivity index (χ2v) is 7.34. The first-order valence-electron chi connectivity index (χ1n) is 9.80. The quantitative estimate of drug-likeness (QED) is 0.763. The average Bonchev–Trinajstić information content (AvgIpc) is 3.04. The lowest BCUT2D eigenvalue weighted by molar-refractivity contribution is -0.134. The Labute approximate surface area is 180 Å². The molecular formula is C22H24ClN3O4. The zero-order chi connectivity index (χ0) is 21.3. The molecule has 0 atom stereocenters. The number of halogens is 1. The van der Waals surface area contributed by atoms with E-state index in [9.17, 15) is 14.4 Å². The van der Waals surface area contributed by atoms with Gasteiger partial charge in [0.25, 0.3) is 11.8 Å². The van der Waals surface area contributed by atoms with Crippen LogP contribution < -0.4 is 10.1 Å². The van der Waals surface area contributed by atoms with Gasteiger partial charge in [0.1, 0.15) is 5.75 Å². The molecule has 1 aliphatic rings. The van der Waals surface area contributed by atoms with Gasteiger partial charge >= 0.3 is 0 Å². The van der Waals surface area contributed by atoms with Crippen molar-refractivity contribution in [3.63, 3.8) is 0 Å². The summed E-state index contributed by atoms with van der Waals surface area (Å²) >= 11 is 5.84. The highest BCUT2D eigenvalue weighted by Crippen LogP contribution is 2.15. The van der Waals surface area contributed by atoms with Gasteiger partial charge in [-0.1, -0.05) is 29.8 Å². The Kier molecular flexibility index (Phi) is 7.68. The normalized spacial score (nSPS) is 14.0. The van der Waals surface area contributed by atoms with Crippen molar-refractivity contribution in [2.45, 2.75) is 6.42 Å². The van der Waals surface area contributed by atoms with Crippen molar-refractivity contribution < 1.29 is 19.1 Å². The van der Waals surface area contributed by atoms with Crippen LogP contribution in [0.4, 0.5) is 0 Å². The highest BCUT2D eigenvalue weighted by molar-refractivity contribution is 6.30. The van der Waals surface area contributed by atoms with Crippen molar-refractivity contribution in [1.29, 1.82) is 0 Å². The molecule has 158 valence electrons. The average molecular weight is 430 g/mol. The lowest BCUT2D eigenvalue weighted by Crippen LogP contribution is -2.43. The van der Waals surface area contributed by atoms with Crippen LogP contribution in [0.3, 0.4) is 0 Å².